The average Bonchev–Trinajstić information content (AvgIpc) is 3.23. The largest absolute Gasteiger partial charge is 0.475 e. The highest BCUT2D eigenvalue weighted by Crippen LogP contribution is 2.49. The summed E-state index contributed by atoms with van der Waals surface area (Å²) >= 11 is 0. The van der Waals surface area contributed by atoms with Crippen molar-refractivity contribution in [1.82, 2.24) is 0 Å². The Labute approximate surface area is 215 Å². The van der Waals surface area contributed by atoms with Gasteiger partial charge in [-0.1, -0.05) is 51.2 Å². The predicted molar refractivity (Wildman–Crippen MR) is 143 cm³/mol. The van der Waals surface area contributed by atoms with Crippen molar-refractivity contribution in [1.29, 1.82) is 0 Å². The Balaban J connectivity index is 1.26. The van der Waals surface area contributed by atoms with E-state index < -0.39 is 11.6 Å². The maximum absolute atomic E-state index is 15.3. The van der Waals surface area contributed by atoms with Gasteiger partial charge in [0.05, 0.1) is 11.1 Å². The highest BCUT2D eigenvalue weighted by atomic mass is 19.1. The quantitative estimate of drug-likeness (QED) is 0.353. The Bertz CT molecular complexity index is 1070. The lowest BCUT2D eigenvalue weighted by atomic mass is 9.63. The number of hydrogen-bond acceptors (Lipinski definition) is 2. The van der Waals surface area contributed by atoms with Crippen LogP contribution < -0.4 is 0 Å². The van der Waals surface area contributed by atoms with E-state index in [0.29, 0.717) is 18.1 Å². The van der Waals surface area contributed by atoms with E-state index in [1.54, 1.807) is 24.3 Å². The summed E-state index contributed by atoms with van der Waals surface area (Å²) in [6, 6.07) is 10.4. The van der Waals surface area contributed by atoms with Gasteiger partial charge in [-0.2, -0.15) is 0 Å². The average molecular weight is 494 g/mol. The second-order valence-electron chi connectivity index (χ2n) is 12.2. The molecule has 2 aliphatic carbocycles. The fourth-order valence-electron chi connectivity index (χ4n) is 6.85. The van der Waals surface area contributed by atoms with Crippen LogP contribution in [0.4, 0.5) is 8.78 Å². The summed E-state index contributed by atoms with van der Waals surface area (Å²) in [6.07, 6.45) is 12.7. The van der Waals surface area contributed by atoms with Crippen LogP contribution in [0.1, 0.15) is 102 Å². The van der Waals surface area contributed by atoms with Gasteiger partial charge < -0.3 is 4.74 Å². The molecule has 2 fully saturated rings. The standard InChI is InChI=1S/C32H41F2NO/c1-4-5-6-7-21-8-9-25-17-26(15-14-24(25)16-21)27-18-28(33)30(29(34)19-27)22-10-12-23(13-11-22)31-35-32(2,3)20-36-31/h10-13,18-19,21,24-26H,4-9,14-17,20H2,1-3H3. The summed E-state index contributed by atoms with van der Waals surface area (Å²) in [5, 5.41) is 0. The molecule has 2 aromatic carbocycles. The molecule has 0 bridgehead atoms. The summed E-state index contributed by atoms with van der Waals surface area (Å²) in [6.45, 7) is 6.85. The van der Waals surface area contributed by atoms with Gasteiger partial charge in [-0.25, -0.2) is 13.8 Å². The molecule has 4 atom stereocenters. The van der Waals surface area contributed by atoms with Crippen LogP contribution >= 0.6 is 0 Å². The van der Waals surface area contributed by atoms with Crippen molar-refractivity contribution in [3.05, 3.63) is 59.2 Å². The van der Waals surface area contributed by atoms with Crippen LogP contribution in [0.5, 0.6) is 0 Å². The number of fused-ring (bicyclic) bond motifs is 1. The van der Waals surface area contributed by atoms with Gasteiger partial charge in [-0.3, -0.25) is 0 Å². The van der Waals surface area contributed by atoms with Crippen LogP contribution in [0.15, 0.2) is 41.4 Å². The van der Waals surface area contributed by atoms with Crippen LogP contribution in [0.3, 0.4) is 0 Å². The lowest BCUT2D eigenvalue weighted by molar-refractivity contribution is 0.113. The summed E-state index contributed by atoms with van der Waals surface area (Å²) in [4.78, 5) is 4.59. The molecule has 194 valence electrons. The molecular weight excluding hydrogens is 452 g/mol. The second kappa shape index (κ2) is 10.6. The number of rotatable bonds is 7. The molecule has 0 N–H and O–H groups in total. The molecule has 1 aliphatic heterocycles. The molecule has 4 unspecified atom stereocenters. The molecule has 0 amide bonds. The van der Waals surface area contributed by atoms with Crippen molar-refractivity contribution < 1.29 is 13.5 Å². The minimum atomic E-state index is -0.463. The van der Waals surface area contributed by atoms with E-state index in [1.807, 2.05) is 26.0 Å². The molecule has 2 nitrogen and oxygen atoms in total. The van der Waals surface area contributed by atoms with E-state index >= 15 is 8.78 Å². The molecule has 2 saturated carbocycles. The number of unbranched alkanes of at least 4 members (excludes halogenated alkanes) is 2. The van der Waals surface area contributed by atoms with E-state index in [-0.39, 0.29) is 17.0 Å². The first-order valence-electron chi connectivity index (χ1n) is 14.2. The highest BCUT2D eigenvalue weighted by molar-refractivity contribution is 5.95. The normalized spacial score (nSPS) is 27.3. The molecule has 4 heteroatoms. The van der Waals surface area contributed by atoms with E-state index in [4.69, 9.17) is 4.74 Å². The number of nitrogens with zero attached hydrogens (tertiary/aromatic N) is 1. The number of benzene rings is 2. The van der Waals surface area contributed by atoms with Crippen molar-refractivity contribution >= 4 is 5.90 Å². The van der Waals surface area contributed by atoms with Crippen molar-refractivity contribution in [2.24, 2.45) is 22.7 Å². The zero-order valence-corrected chi connectivity index (χ0v) is 22.2. The van der Waals surface area contributed by atoms with Crippen LogP contribution in [-0.2, 0) is 4.74 Å². The SMILES string of the molecule is CCCCCC1CCC2CC(c3cc(F)c(-c4ccc(C5=NC(C)(C)CO5)cc4)c(F)c3)CCC2C1. The minimum absolute atomic E-state index is 0.0567. The van der Waals surface area contributed by atoms with E-state index in [2.05, 4.69) is 11.9 Å². The van der Waals surface area contributed by atoms with Crippen LogP contribution in [0, 0.1) is 29.4 Å². The highest BCUT2D eigenvalue weighted by Gasteiger charge is 2.36. The third-order valence-electron chi connectivity index (χ3n) is 8.86. The van der Waals surface area contributed by atoms with Crippen molar-refractivity contribution in [2.45, 2.75) is 96.4 Å². The smallest absolute Gasteiger partial charge is 0.216 e. The van der Waals surface area contributed by atoms with Crippen LogP contribution in [-0.4, -0.2) is 18.0 Å². The Morgan fingerprint density at radius 2 is 1.56 bits per heavy atom. The fraction of sp³-hybridized carbons (Fsp3) is 0.594. The first kappa shape index (κ1) is 25.4. The predicted octanol–water partition coefficient (Wildman–Crippen LogP) is 9.07. The van der Waals surface area contributed by atoms with Crippen molar-refractivity contribution in [2.75, 3.05) is 6.61 Å². The van der Waals surface area contributed by atoms with Gasteiger partial charge in [0, 0.05) is 5.56 Å². The van der Waals surface area contributed by atoms with E-state index in [9.17, 15) is 0 Å². The topological polar surface area (TPSA) is 21.6 Å². The third kappa shape index (κ3) is 5.53. The summed E-state index contributed by atoms with van der Waals surface area (Å²) in [5.41, 5.74) is 2.03. The van der Waals surface area contributed by atoms with Crippen molar-refractivity contribution in [3.63, 3.8) is 0 Å². The maximum Gasteiger partial charge on any atom is 0.216 e. The Morgan fingerprint density at radius 3 is 2.22 bits per heavy atom. The zero-order valence-electron chi connectivity index (χ0n) is 22.2. The number of halogens is 2. The van der Waals surface area contributed by atoms with E-state index in [1.165, 1.54) is 51.4 Å². The van der Waals surface area contributed by atoms with Crippen LogP contribution in [0.2, 0.25) is 0 Å². The lowest BCUT2D eigenvalue weighted by Crippen LogP contribution is -2.30. The summed E-state index contributed by atoms with van der Waals surface area (Å²) in [5.74, 6) is 2.36. The fourth-order valence-corrected chi connectivity index (χ4v) is 6.85. The molecule has 0 spiro atoms. The molecule has 0 radical (unpaired) electrons. The monoisotopic (exact) mass is 493 g/mol. The van der Waals surface area contributed by atoms with Gasteiger partial charge in [0.1, 0.15) is 18.2 Å². The molecule has 2 aromatic rings. The van der Waals surface area contributed by atoms with E-state index in [0.717, 1.165) is 41.7 Å². The zero-order chi connectivity index (χ0) is 25.3. The van der Waals surface area contributed by atoms with Gasteiger partial charge >= 0.3 is 0 Å². The first-order valence-corrected chi connectivity index (χ1v) is 14.2. The molecule has 5 rings (SSSR count). The molecule has 0 saturated heterocycles. The lowest BCUT2D eigenvalue weighted by Gasteiger charge is -2.42. The molecular formula is C32H41F2NO. The maximum atomic E-state index is 15.3. The Morgan fingerprint density at radius 1 is 0.889 bits per heavy atom. The molecule has 3 aliphatic rings. The van der Waals surface area contributed by atoms with Gasteiger partial charge in [0.15, 0.2) is 0 Å². The molecule has 1 heterocycles. The first-order chi connectivity index (χ1) is 17.3. The van der Waals surface area contributed by atoms with Gasteiger partial charge in [-0.15, -0.1) is 0 Å². The number of hydrogen-bond donors (Lipinski definition) is 0. The van der Waals surface area contributed by atoms with Crippen LogP contribution in [0.25, 0.3) is 11.1 Å². The minimum Gasteiger partial charge on any atom is -0.475 e. The molecule has 0 aromatic heterocycles. The second-order valence-corrected chi connectivity index (χ2v) is 12.2. The van der Waals surface area contributed by atoms with Gasteiger partial charge in [0.25, 0.3) is 0 Å². The summed E-state index contributed by atoms with van der Waals surface area (Å²) < 4.78 is 36.3. The Hall–Kier alpha value is -2.23. The number of aliphatic imine (C=N–C) groups is 1. The van der Waals surface area contributed by atoms with Crippen molar-refractivity contribution in [3.8, 4) is 11.1 Å². The number of ether oxygens (including phenoxy) is 1. The third-order valence-corrected chi connectivity index (χ3v) is 8.86. The molecule has 36 heavy (non-hydrogen) atoms. The summed E-state index contributed by atoms with van der Waals surface area (Å²) in [7, 11) is 0. The van der Waals surface area contributed by atoms with Gasteiger partial charge in [0.2, 0.25) is 5.90 Å². The van der Waals surface area contributed by atoms with Gasteiger partial charge in [-0.05, 0) is 105 Å². The Kier molecular flexibility index (Phi) is 7.51.